The Morgan fingerprint density at radius 1 is 1.08 bits per heavy atom. The highest BCUT2D eigenvalue weighted by molar-refractivity contribution is 7.80. The third kappa shape index (κ3) is 5.93. The molecule has 1 heterocycles. The predicted molar refractivity (Wildman–Crippen MR) is 104 cm³/mol. The third-order valence-electron chi connectivity index (χ3n) is 3.37. The summed E-state index contributed by atoms with van der Waals surface area (Å²) in [5.41, 5.74) is 2.07. The fraction of sp³-hybridized carbons (Fsp3) is 0.278. The smallest absolute Gasteiger partial charge is 0.224 e. The molecule has 0 saturated carbocycles. The van der Waals surface area contributed by atoms with E-state index in [0.717, 1.165) is 35.6 Å². The standard InChI is InChI=1S/C12H15NO2S.C6H4Cl2/c14-12-5-2-9-8-10(15-6-1-7-16)3-4-11(9)13-12;7-5-3-1-2-4-6(5)8/h3-4,8,16H,1-2,5-7H2,(H,13,14);1-4H. The third-order valence-corrected chi connectivity index (χ3v) is 4.44. The molecule has 3 rings (SSSR count). The maximum absolute atomic E-state index is 11.2. The zero-order chi connectivity index (χ0) is 17.4. The van der Waals surface area contributed by atoms with Gasteiger partial charge in [-0.05, 0) is 54.5 Å². The summed E-state index contributed by atoms with van der Waals surface area (Å²) >= 11 is 15.3. The molecule has 24 heavy (non-hydrogen) atoms. The van der Waals surface area contributed by atoms with Gasteiger partial charge in [-0.2, -0.15) is 12.6 Å². The molecule has 0 aliphatic carbocycles. The summed E-state index contributed by atoms with van der Waals surface area (Å²) < 4.78 is 5.58. The molecule has 0 saturated heterocycles. The lowest BCUT2D eigenvalue weighted by atomic mass is 10.0. The van der Waals surface area contributed by atoms with Crippen LogP contribution in [0.25, 0.3) is 0 Å². The Balaban J connectivity index is 0.000000219. The number of carbonyl (C=O) groups is 1. The van der Waals surface area contributed by atoms with Crippen LogP contribution in [-0.2, 0) is 11.2 Å². The molecule has 0 aromatic heterocycles. The Bertz CT molecular complexity index is 673. The zero-order valence-electron chi connectivity index (χ0n) is 13.1. The number of carbonyl (C=O) groups excluding carboxylic acids is 1. The Kier molecular flexibility index (Phi) is 7.76. The molecule has 2 aromatic carbocycles. The molecule has 3 nitrogen and oxygen atoms in total. The van der Waals surface area contributed by atoms with Gasteiger partial charge < -0.3 is 10.1 Å². The Hall–Kier alpha value is -1.36. The molecular weight excluding hydrogens is 365 g/mol. The summed E-state index contributed by atoms with van der Waals surface area (Å²) in [5, 5.41) is 4.06. The van der Waals surface area contributed by atoms with Gasteiger partial charge in [-0.3, -0.25) is 4.79 Å². The van der Waals surface area contributed by atoms with Gasteiger partial charge >= 0.3 is 0 Å². The number of thiol groups is 1. The van der Waals surface area contributed by atoms with E-state index >= 15 is 0 Å². The molecule has 0 fully saturated rings. The van der Waals surface area contributed by atoms with Crippen LogP contribution in [0.2, 0.25) is 10.0 Å². The van der Waals surface area contributed by atoms with Gasteiger partial charge in [0.1, 0.15) is 5.75 Å². The minimum Gasteiger partial charge on any atom is -0.494 e. The lowest BCUT2D eigenvalue weighted by Crippen LogP contribution is -2.18. The van der Waals surface area contributed by atoms with E-state index in [9.17, 15) is 4.79 Å². The number of anilines is 1. The SMILES string of the molecule is Clc1ccccc1Cl.O=C1CCc2cc(OCCCS)ccc2N1. The summed E-state index contributed by atoms with van der Waals surface area (Å²) in [5.74, 6) is 1.80. The van der Waals surface area contributed by atoms with Crippen molar-refractivity contribution in [1.82, 2.24) is 0 Å². The average Bonchev–Trinajstić information content (AvgIpc) is 2.58. The van der Waals surface area contributed by atoms with Gasteiger partial charge in [-0.15, -0.1) is 0 Å². The van der Waals surface area contributed by atoms with E-state index in [1.807, 2.05) is 30.3 Å². The molecule has 128 valence electrons. The van der Waals surface area contributed by atoms with Crippen LogP contribution in [0.15, 0.2) is 42.5 Å². The van der Waals surface area contributed by atoms with Crippen LogP contribution >= 0.6 is 35.8 Å². The van der Waals surface area contributed by atoms with Crippen LogP contribution in [0, 0.1) is 0 Å². The van der Waals surface area contributed by atoms with E-state index in [1.54, 1.807) is 12.1 Å². The number of hydrogen-bond donors (Lipinski definition) is 2. The van der Waals surface area contributed by atoms with Crippen LogP contribution in [-0.4, -0.2) is 18.3 Å². The first-order valence-corrected chi connectivity index (χ1v) is 9.05. The van der Waals surface area contributed by atoms with Crippen molar-refractivity contribution in [3.8, 4) is 5.75 Å². The lowest BCUT2D eigenvalue weighted by Gasteiger charge is -2.17. The topological polar surface area (TPSA) is 38.3 Å². The van der Waals surface area contributed by atoms with Gasteiger partial charge in [0, 0.05) is 12.1 Å². The van der Waals surface area contributed by atoms with Gasteiger partial charge in [0.25, 0.3) is 0 Å². The fourth-order valence-corrected chi connectivity index (χ4v) is 2.54. The summed E-state index contributed by atoms with van der Waals surface area (Å²) in [6, 6.07) is 13.0. The molecule has 6 heteroatoms. The maximum Gasteiger partial charge on any atom is 0.224 e. The van der Waals surface area contributed by atoms with E-state index < -0.39 is 0 Å². The van der Waals surface area contributed by atoms with Crippen LogP contribution in [0.3, 0.4) is 0 Å². The minimum atomic E-state index is 0.0937. The van der Waals surface area contributed by atoms with Crippen molar-refractivity contribution in [2.24, 2.45) is 0 Å². The van der Waals surface area contributed by atoms with E-state index in [0.29, 0.717) is 23.1 Å². The lowest BCUT2D eigenvalue weighted by molar-refractivity contribution is -0.116. The number of rotatable bonds is 4. The molecule has 1 N–H and O–H groups in total. The number of aryl methyl sites for hydroxylation is 1. The van der Waals surface area contributed by atoms with Crippen molar-refractivity contribution in [2.75, 3.05) is 17.7 Å². The van der Waals surface area contributed by atoms with Crippen molar-refractivity contribution in [3.05, 3.63) is 58.1 Å². The molecular formula is C18H19Cl2NO2S. The minimum absolute atomic E-state index is 0.0937. The van der Waals surface area contributed by atoms with E-state index in [4.69, 9.17) is 27.9 Å². The van der Waals surface area contributed by atoms with Crippen LogP contribution in [0.5, 0.6) is 5.75 Å². The van der Waals surface area contributed by atoms with Gasteiger partial charge in [0.15, 0.2) is 0 Å². The number of hydrogen-bond acceptors (Lipinski definition) is 3. The molecule has 0 atom stereocenters. The van der Waals surface area contributed by atoms with Crippen molar-refractivity contribution in [3.63, 3.8) is 0 Å². The highest BCUT2D eigenvalue weighted by Crippen LogP contribution is 2.26. The number of halogens is 2. The second-order valence-electron chi connectivity index (χ2n) is 5.21. The number of benzene rings is 2. The summed E-state index contributed by atoms with van der Waals surface area (Å²) in [4.78, 5) is 11.2. The molecule has 0 spiro atoms. The van der Waals surface area contributed by atoms with Crippen molar-refractivity contribution >= 4 is 47.4 Å². The van der Waals surface area contributed by atoms with Crippen LogP contribution in [0.1, 0.15) is 18.4 Å². The highest BCUT2D eigenvalue weighted by atomic mass is 35.5. The number of amides is 1. The van der Waals surface area contributed by atoms with Crippen molar-refractivity contribution < 1.29 is 9.53 Å². The first-order valence-electron chi connectivity index (χ1n) is 7.66. The number of nitrogens with one attached hydrogen (secondary N) is 1. The second kappa shape index (κ2) is 9.82. The molecule has 0 radical (unpaired) electrons. The number of fused-ring (bicyclic) bond motifs is 1. The zero-order valence-corrected chi connectivity index (χ0v) is 15.5. The fourth-order valence-electron chi connectivity index (χ4n) is 2.14. The van der Waals surface area contributed by atoms with Gasteiger partial charge in [0.05, 0.1) is 16.7 Å². The van der Waals surface area contributed by atoms with Crippen molar-refractivity contribution in [1.29, 1.82) is 0 Å². The molecule has 1 amide bonds. The van der Waals surface area contributed by atoms with Gasteiger partial charge in [-0.1, -0.05) is 35.3 Å². The summed E-state index contributed by atoms with van der Waals surface area (Å²) in [7, 11) is 0. The van der Waals surface area contributed by atoms with E-state index in [2.05, 4.69) is 17.9 Å². The quantitative estimate of drug-likeness (QED) is 0.557. The van der Waals surface area contributed by atoms with E-state index in [1.165, 1.54) is 0 Å². The highest BCUT2D eigenvalue weighted by Gasteiger charge is 2.14. The largest absolute Gasteiger partial charge is 0.494 e. The Labute approximate surface area is 157 Å². The molecule has 1 aliphatic heterocycles. The van der Waals surface area contributed by atoms with Gasteiger partial charge in [-0.25, -0.2) is 0 Å². The number of ether oxygens (including phenoxy) is 1. The summed E-state index contributed by atoms with van der Waals surface area (Å²) in [6.45, 7) is 0.689. The van der Waals surface area contributed by atoms with E-state index in [-0.39, 0.29) is 5.91 Å². The normalized spacial score (nSPS) is 12.5. The molecule has 0 unspecified atom stereocenters. The van der Waals surface area contributed by atoms with Crippen LogP contribution in [0.4, 0.5) is 5.69 Å². The maximum atomic E-state index is 11.2. The van der Waals surface area contributed by atoms with Crippen LogP contribution < -0.4 is 10.1 Å². The first kappa shape index (κ1) is 19.0. The monoisotopic (exact) mass is 383 g/mol. The van der Waals surface area contributed by atoms with Gasteiger partial charge in [0.2, 0.25) is 5.91 Å². The predicted octanol–water partition coefficient (Wildman–Crippen LogP) is 5.26. The first-order chi connectivity index (χ1) is 11.6. The molecule has 1 aliphatic rings. The summed E-state index contributed by atoms with van der Waals surface area (Å²) in [6.07, 6.45) is 2.30. The molecule has 2 aromatic rings. The molecule has 0 bridgehead atoms. The Morgan fingerprint density at radius 2 is 1.79 bits per heavy atom. The second-order valence-corrected chi connectivity index (χ2v) is 6.47. The average molecular weight is 384 g/mol. The Morgan fingerprint density at radius 3 is 2.42 bits per heavy atom. The van der Waals surface area contributed by atoms with Crippen molar-refractivity contribution in [2.45, 2.75) is 19.3 Å².